The lowest BCUT2D eigenvalue weighted by atomic mass is 9.53. The third-order valence-corrected chi connectivity index (χ3v) is 32.9. The average molecular weight is 1540 g/mol. The highest BCUT2D eigenvalue weighted by atomic mass is 16.7. The molecule has 8 saturated carbocycles. The molecule has 2 aliphatic heterocycles. The van der Waals surface area contributed by atoms with E-state index < -0.39 is 0 Å². The van der Waals surface area contributed by atoms with E-state index in [0.29, 0.717) is 102 Å². The Kier molecular flexibility index (Phi) is 20.7. The van der Waals surface area contributed by atoms with Crippen molar-refractivity contribution in [3.05, 3.63) is 163 Å². The van der Waals surface area contributed by atoms with Gasteiger partial charge in [0.25, 0.3) is 0 Å². The molecule has 1 spiro atoms. The van der Waals surface area contributed by atoms with Gasteiger partial charge in [-0.05, 0) is 305 Å². The third kappa shape index (κ3) is 13.2. The number of allylic oxidation sites excluding steroid dienone is 13. The monoisotopic (exact) mass is 1540 g/mol. The van der Waals surface area contributed by atoms with Crippen molar-refractivity contribution in [3.63, 3.8) is 0 Å². The Labute approximate surface area is 676 Å². The lowest BCUT2D eigenvalue weighted by molar-refractivity contribution is -0.185. The SMILES string of the molecule is CCCOc1ccc(C2=C3C4=C(CCC3C3CCC(=O)[C@@]3(C)C2)CC(=O)CC4)cc1.CCCOc1ccc([C@@H]2C[C@]3(C)C(=O)CCC3C3CCC4=CC(=O)CCC4=C32)cc1.CCCOc1ccc([C@H]2C[C@]3(C)C(=O)CCC3C3CCC4=CC(=O)CCC4=C32)cc1.C[C@]12CC=C3C(CCC45CC6(CCC34O5)OCCO6)C1CCC2=O. The molecule has 604 valence electrons. The molecule has 3 aromatic carbocycles. The molecule has 16 atom stereocenters. The van der Waals surface area contributed by atoms with E-state index in [1.54, 1.807) is 16.7 Å². The quantitative estimate of drug-likeness (QED) is 0.124. The van der Waals surface area contributed by atoms with Crippen LogP contribution >= 0.6 is 0 Å². The summed E-state index contributed by atoms with van der Waals surface area (Å²) < 4.78 is 35.9. The van der Waals surface area contributed by atoms with Gasteiger partial charge in [0.15, 0.2) is 17.4 Å². The Morgan fingerprint density at radius 2 is 0.895 bits per heavy atom. The molecule has 13 nitrogen and oxygen atoms in total. The number of fused-ring (bicyclic) bond motifs is 15. The lowest BCUT2D eigenvalue weighted by Crippen LogP contribution is -2.51. The second-order valence-electron chi connectivity index (χ2n) is 38.8. The highest BCUT2D eigenvalue weighted by Crippen LogP contribution is 2.74. The molecule has 0 N–H and O–H groups in total. The fraction of sp³-hybridized carbons (Fsp3) is 0.614. The maximum Gasteiger partial charge on any atom is 0.171 e. The number of hydrogen-bond acceptors (Lipinski definition) is 13. The largest absolute Gasteiger partial charge is 0.494 e. The summed E-state index contributed by atoms with van der Waals surface area (Å²) in [5, 5.41) is 0. The van der Waals surface area contributed by atoms with Crippen molar-refractivity contribution in [1.29, 1.82) is 0 Å². The van der Waals surface area contributed by atoms with E-state index in [1.807, 2.05) is 12.2 Å². The molecular weight excluding hydrogens is 1420 g/mol. The molecule has 3 aromatic rings. The highest BCUT2D eigenvalue weighted by molar-refractivity contribution is 5.95. The smallest absolute Gasteiger partial charge is 0.171 e. The Hall–Kier alpha value is -7.19. The Bertz CT molecular complexity index is 4490. The van der Waals surface area contributed by atoms with Gasteiger partial charge in [-0.15, -0.1) is 0 Å². The van der Waals surface area contributed by atoms with Gasteiger partial charge in [-0.25, -0.2) is 0 Å². The van der Waals surface area contributed by atoms with Crippen LogP contribution in [0.15, 0.2) is 147 Å². The molecule has 114 heavy (non-hydrogen) atoms. The maximum absolute atomic E-state index is 13.0. The predicted octanol–water partition coefficient (Wildman–Crippen LogP) is 21.1. The van der Waals surface area contributed by atoms with Crippen LogP contribution in [0.2, 0.25) is 0 Å². The number of hydrogen-bond donors (Lipinski definition) is 0. The standard InChI is InChI=1S/3C27H32O3.C20H26O4/c3*1-3-14-30-20-8-4-17(5-9-20)23-16-27(2)24(12-13-25(27)29)22-10-6-18-15-19(28)7-11-21(18)26(22)23;1-17-6-5-15-13(14(17)2-3-16(17)21)4-7-18-12-19(22-10-11-23-19)8-9-20(15,18)24-18/h4-5,8-9,22,24H,3,6-7,10-16H2,1-2H3;2*4-5,8-9,15,22-24H,3,6-7,10-14,16H2,1-2H3;5,13-14H,2-4,6-12H2,1H3/t22?,24?,27-;22?,23-,24?,27+;22?,23-,24?,27-;13?,14?,17-,18?,20?/m0100/s1. The molecular formula is C101H122O13. The van der Waals surface area contributed by atoms with Gasteiger partial charge in [-0.2, -0.15) is 0 Å². The summed E-state index contributed by atoms with van der Waals surface area (Å²) in [4.78, 5) is 87.7. The van der Waals surface area contributed by atoms with E-state index in [9.17, 15) is 33.6 Å². The number of epoxide rings is 1. The van der Waals surface area contributed by atoms with Crippen molar-refractivity contribution in [3.8, 4) is 17.2 Å². The van der Waals surface area contributed by atoms with E-state index in [1.165, 1.54) is 61.3 Å². The van der Waals surface area contributed by atoms with E-state index in [0.717, 1.165) is 236 Å². The second kappa shape index (κ2) is 30.3. The molecule has 0 amide bonds. The zero-order chi connectivity index (χ0) is 78.8. The van der Waals surface area contributed by atoms with Crippen molar-refractivity contribution in [2.45, 2.75) is 289 Å². The van der Waals surface area contributed by atoms with Gasteiger partial charge >= 0.3 is 0 Å². The van der Waals surface area contributed by atoms with E-state index in [2.05, 4.69) is 127 Å². The molecule has 10 fully saturated rings. The number of carbonyl (C=O) groups excluding carboxylic acids is 7. The molecule has 2 saturated heterocycles. The third-order valence-electron chi connectivity index (χ3n) is 32.9. The molecule has 10 unspecified atom stereocenters. The number of Topliss-reactive ketones (excluding diaryl/α,β-unsaturated/α-hetero) is 5. The van der Waals surface area contributed by atoms with Crippen LogP contribution in [0.5, 0.6) is 17.2 Å². The van der Waals surface area contributed by atoms with Crippen LogP contribution in [0, 0.1) is 69.0 Å². The number of benzene rings is 3. The van der Waals surface area contributed by atoms with Crippen LogP contribution in [0.25, 0.3) is 5.57 Å². The van der Waals surface area contributed by atoms with E-state index >= 15 is 0 Å². The van der Waals surface area contributed by atoms with Gasteiger partial charge in [-0.1, -0.05) is 108 Å². The topological polar surface area (TPSA) is 178 Å². The van der Waals surface area contributed by atoms with Gasteiger partial charge in [0, 0.05) is 97.7 Å². The molecule has 0 radical (unpaired) electrons. The van der Waals surface area contributed by atoms with Crippen LogP contribution in [0.1, 0.15) is 289 Å². The number of ether oxygens (including phenoxy) is 6. The zero-order valence-electron chi connectivity index (χ0n) is 69.1. The molecule has 0 aromatic heterocycles. The van der Waals surface area contributed by atoms with Crippen molar-refractivity contribution < 1.29 is 62.0 Å². The summed E-state index contributed by atoms with van der Waals surface area (Å²) in [5.41, 5.74) is 18.8. The van der Waals surface area contributed by atoms with Crippen molar-refractivity contribution in [2.24, 2.45) is 69.0 Å². The Balaban J connectivity index is 0.000000106. The fourth-order valence-corrected chi connectivity index (χ4v) is 27.2. The van der Waals surface area contributed by atoms with Crippen LogP contribution in [0.3, 0.4) is 0 Å². The number of ketones is 7. The van der Waals surface area contributed by atoms with E-state index in [4.69, 9.17) is 28.4 Å². The minimum absolute atomic E-state index is 0.0473. The summed E-state index contributed by atoms with van der Waals surface area (Å²) in [7, 11) is 0. The maximum atomic E-state index is 13.0. The Morgan fingerprint density at radius 1 is 0.430 bits per heavy atom. The first-order valence-corrected chi connectivity index (χ1v) is 45.0. The van der Waals surface area contributed by atoms with Gasteiger partial charge in [-0.3, -0.25) is 33.6 Å². The van der Waals surface area contributed by atoms with Gasteiger partial charge < -0.3 is 28.4 Å². The minimum Gasteiger partial charge on any atom is -0.494 e. The van der Waals surface area contributed by atoms with Crippen molar-refractivity contribution in [1.82, 2.24) is 0 Å². The first-order valence-electron chi connectivity index (χ1n) is 45.0. The summed E-state index contributed by atoms with van der Waals surface area (Å²) in [6.07, 6.45) is 36.6. The van der Waals surface area contributed by atoms with Gasteiger partial charge in [0.1, 0.15) is 57.4 Å². The molecule has 0 bridgehead atoms. The Morgan fingerprint density at radius 3 is 1.41 bits per heavy atom. The first kappa shape index (κ1) is 78.0. The normalized spacial score (nSPS) is 36.8. The molecule has 21 rings (SSSR count). The molecule has 18 aliphatic rings. The number of rotatable bonds is 12. The average Bonchev–Trinajstić information content (AvgIpc) is 1.48. The minimum atomic E-state index is -0.375. The van der Waals surface area contributed by atoms with Crippen LogP contribution < -0.4 is 14.2 Å². The van der Waals surface area contributed by atoms with Gasteiger partial charge in [0.05, 0.1) is 33.0 Å². The second-order valence-corrected chi connectivity index (χ2v) is 38.8. The van der Waals surface area contributed by atoms with E-state index in [-0.39, 0.29) is 62.1 Å². The van der Waals surface area contributed by atoms with Crippen LogP contribution in [-0.2, 0) is 47.8 Å². The predicted molar refractivity (Wildman–Crippen MR) is 440 cm³/mol. The molecule has 13 heteroatoms. The fourth-order valence-electron chi connectivity index (χ4n) is 27.2. The molecule has 16 aliphatic carbocycles. The lowest BCUT2D eigenvalue weighted by Gasteiger charge is -2.50. The summed E-state index contributed by atoms with van der Waals surface area (Å²) in [5.74, 6) is 9.64. The highest BCUT2D eigenvalue weighted by Gasteiger charge is 2.79. The summed E-state index contributed by atoms with van der Waals surface area (Å²) in [6.45, 7) is 18.9. The summed E-state index contributed by atoms with van der Waals surface area (Å²) >= 11 is 0. The number of carbonyl (C=O) groups is 7. The van der Waals surface area contributed by atoms with Crippen molar-refractivity contribution in [2.75, 3.05) is 33.0 Å². The zero-order valence-corrected chi connectivity index (χ0v) is 69.1. The van der Waals surface area contributed by atoms with Crippen LogP contribution in [0.4, 0.5) is 0 Å². The van der Waals surface area contributed by atoms with Crippen molar-refractivity contribution >= 4 is 46.1 Å². The summed E-state index contributed by atoms with van der Waals surface area (Å²) in [6, 6.07) is 25.6. The van der Waals surface area contributed by atoms with Crippen LogP contribution in [-0.4, -0.2) is 90.5 Å². The van der Waals surface area contributed by atoms with Gasteiger partial charge in [0.2, 0.25) is 0 Å². The molecule has 2 heterocycles. The first-order chi connectivity index (χ1) is 55.1.